The van der Waals surface area contributed by atoms with Crippen LogP contribution in [0.3, 0.4) is 0 Å². The van der Waals surface area contributed by atoms with Crippen molar-refractivity contribution in [3.8, 4) is 0 Å². The van der Waals surface area contributed by atoms with Crippen LogP contribution in [0, 0.1) is 0 Å². The van der Waals surface area contributed by atoms with Gasteiger partial charge in [-0.15, -0.1) is 0 Å². The number of hydrogen-bond acceptors (Lipinski definition) is 2. The minimum atomic E-state index is 0.926. The molecule has 2 aromatic heterocycles. The zero-order valence-electron chi connectivity index (χ0n) is 12.3. The average Bonchev–Trinajstić information content (AvgIpc) is 2.59. The fraction of sp³-hybridized carbons (Fsp3) is 0. The van der Waals surface area contributed by atoms with E-state index in [0.717, 1.165) is 37.7 Å². The summed E-state index contributed by atoms with van der Waals surface area (Å²) < 4.78 is 1.07. The molecule has 23 heavy (non-hydrogen) atoms. The largest absolute Gasteiger partial charge is 0.248 e. The lowest BCUT2D eigenvalue weighted by atomic mass is 10.2. The van der Waals surface area contributed by atoms with Gasteiger partial charge in [0.1, 0.15) is 0 Å². The van der Waals surface area contributed by atoms with Gasteiger partial charge in [-0.2, -0.15) is 0 Å². The van der Waals surface area contributed by atoms with E-state index in [9.17, 15) is 0 Å². The molecule has 0 atom stereocenters. The zero-order chi connectivity index (χ0) is 15.6. The number of fused-ring (bicyclic) bond motifs is 2. The molecule has 0 N–H and O–H groups in total. The molecule has 0 aliphatic rings. The van der Waals surface area contributed by atoms with Crippen molar-refractivity contribution in [3.05, 3.63) is 82.6 Å². The Balaban J connectivity index is 1.67. The van der Waals surface area contributed by atoms with Gasteiger partial charge >= 0.3 is 0 Å². The minimum absolute atomic E-state index is 0.926. The number of hydrogen-bond donors (Lipinski definition) is 0. The molecule has 3 heteroatoms. The molecule has 4 aromatic rings. The van der Waals surface area contributed by atoms with Crippen LogP contribution in [-0.4, -0.2) is 9.97 Å². The van der Waals surface area contributed by atoms with E-state index in [1.807, 2.05) is 54.6 Å². The van der Waals surface area contributed by atoms with Crippen molar-refractivity contribution in [3.63, 3.8) is 0 Å². The molecule has 0 spiro atoms. The number of halogens is 1. The maximum atomic E-state index is 4.66. The van der Waals surface area contributed by atoms with Gasteiger partial charge in [0.25, 0.3) is 0 Å². The van der Waals surface area contributed by atoms with Crippen molar-refractivity contribution < 1.29 is 0 Å². The maximum Gasteiger partial charge on any atom is 0.0710 e. The van der Waals surface area contributed by atoms with Crippen LogP contribution in [0.1, 0.15) is 11.4 Å². The molecule has 0 fully saturated rings. The van der Waals surface area contributed by atoms with Crippen LogP contribution in [0.15, 0.2) is 71.2 Å². The van der Waals surface area contributed by atoms with E-state index >= 15 is 0 Å². The predicted molar refractivity (Wildman–Crippen MR) is 100 cm³/mol. The molecular weight excluding hydrogens is 348 g/mol. The highest BCUT2D eigenvalue weighted by Gasteiger charge is 1.98. The number of pyridine rings is 2. The maximum absolute atomic E-state index is 4.66. The summed E-state index contributed by atoms with van der Waals surface area (Å²) in [5.41, 5.74) is 3.85. The summed E-state index contributed by atoms with van der Waals surface area (Å²) in [4.78, 5) is 9.30. The molecule has 0 aliphatic carbocycles. The predicted octanol–water partition coefficient (Wildman–Crippen LogP) is 5.72. The van der Waals surface area contributed by atoms with E-state index in [1.54, 1.807) is 0 Å². The van der Waals surface area contributed by atoms with Crippen molar-refractivity contribution >= 4 is 49.9 Å². The Morgan fingerprint density at radius 1 is 0.652 bits per heavy atom. The molecule has 0 unspecified atom stereocenters. The summed E-state index contributed by atoms with van der Waals surface area (Å²) in [5, 5.41) is 2.28. The first-order chi connectivity index (χ1) is 11.3. The third kappa shape index (κ3) is 3.01. The molecule has 0 bridgehead atoms. The Hall–Kier alpha value is -2.52. The molecule has 0 radical (unpaired) electrons. The van der Waals surface area contributed by atoms with E-state index in [0.29, 0.717) is 0 Å². The Kier molecular flexibility index (Phi) is 3.64. The lowest BCUT2D eigenvalue weighted by Crippen LogP contribution is -1.85. The molecular formula is C20H13BrN2. The first-order valence-electron chi connectivity index (χ1n) is 7.38. The number of rotatable bonds is 2. The fourth-order valence-corrected chi connectivity index (χ4v) is 2.93. The van der Waals surface area contributed by atoms with Crippen molar-refractivity contribution in [1.29, 1.82) is 0 Å². The van der Waals surface area contributed by atoms with Crippen molar-refractivity contribution in [2.45, 2.75) is 0 Å². The van der Waals surface area contributed by atoms with Gasteiger partial charge in [-0.25, -0.2) is 9.97 Å². The Morgan fingerprint density at radius 3 is 2.09 bits per heavy atom. The number of benzene rings is 2. The second-order valence-electron chi connectivity index (χ2n) is 5.34. The third-order valence-corrected chi connectivity index (χ3v) is 4.21. The second-order valence-corrected chi connectivity index (χ2v) is 6.25. The molecule has 2 heterocycles. The molecule has 4 rings (SSSR count). The van der Waals surface area contributed by atoms with Crippen LogP contribution in [0.5, 0.6) is 0 Å². The van der Waals surface area contributed by atoms with E-state index in [1.165, 1.54) is 0 Å². The van der Waals surface area contributed by atoms with Gasteiger partial charge in [0.2, 0.25) is 0 Å². The van der Waals surface area contributed by atoms with Crippen molar-refractivity contribution in [2.24, 2.45) is 0 Å². The molecule has 2 aromatic carbocycles. The molecule has 0 aliphatic heterocycles. The highest BCUT2D eigenvalue weighted by atomic mass is 79.9. The van der Waals surface area contributed by atoms with Crippen LogP contribution >= 0.6 is 15.9 Å². The Morgan fingerprint density at radius 2 is 1.30 bits per heavy atom. The van der Waals surface area contributed by atoms with Gasteiger partial charge in [-0.3, -0.25) is 0 Å². The zero-order valence-corrected chi connectivity index (χ0v) is 13.9. The highest BCUT2D eigenvalue weighted by Crippen LogP contribution is 2.19. The van der Waals surface area contributed by atoms with Crippen molar-refractivity contribution in [1.82, 2.24) is 9.97 Å². The summed E-state index contributed by atoms with van der Waals surface area (Å²) in [7, 11) is 0. The van der Waals surface area contributed by atoms with Crippen molar-refractivity contribution in [2.75, 3.05) is 0 Å². The monoisotopic (exact) mass is 360 g/mol. The van der Waals surface area contributed by atoms with E-state index in [4.69, 9.17) is 0 Å². The van der Waals surface area contributed by atoms with E-state index < -0.39 is 0 Å². The summed E-state index contributed by atoms with van der Waals surface area (Å²) in [5.74, 6) is 0. The molecule has 110 valence electrons. The summed E-state index contributed by atoms with van der Waals surface area (Å²) in [6.45, 7) is 0. The van der Waals surface area contributed by atoms with Gasteiger partial charge in [0.05, 0.1) is 22.4 Å². The Bertz CT molecular complexity index is 1040. The van der Waals surface area contributed by atoms with Crippen LogP contribution in [0.25, 0.3) is 34.0 Å². The van der Waals surface area contributed by atoms with E-state index in [2.05, 4.69) is 50.2 Å². The van der Waals surface area contributed by atoms with E-state index in [-0.39, 0.29) is 0 Å². The summed E-state index contributed by atoms with van der Waals surface area (Å²) in [6, 6.07) is 22.4. The minimum Gasteiger partial charge on any atom is -0.248 e. The van der Waals surface area contributed by atoms with Gasteiger partial charge in [0, 0.05) is 15.2 Å². The summed E-state index contributed by atoms with van der Waals surface area (Å²) in [6.07, 6.45) is 4.00. The quantitative estimate of drug-likeness (QED) is 0.457. The fourth-order valence-electron chi connectivity index (χ4n) is 2.55. The standard InChI is InChI=1S/C20H13BrN2/c21-16-7-12-20-15(13-16)6-9-18(23-20)11-10-17-8-5-14-3-1-2-4-19(14)22-17/h1-13H/b11-10+. The van der Waals surface area contributed by atoms with Gasteiger partial charge < -0.3 is 0 Å². The first kappa shape index (κ1) is 14.1. The number of nitrogens with zero attached hydrogens (tertiary/aromatic N) is 2. The smallest absolute Gasteiger partial charge is 0.0710 e. The van der Waals surface area contributed by atoms with Gasteiger partial charge in [0.15, 0.2) is 0 Å². The molecule has 2 nitrogen and oxygen atoms in total. The lowest BCUT2D eigenvalue weighted by molar-refractivity contribution is 1.36. The lowest BCUT2D eigenvalue weighted by Gasteiger charge is -2.00. The highest BCUT2D eigenvalue weighted by molar-refractivity contribution is 9.10. The average molecular weight is 361 g/mol. The second kappa shape index (κ2) is 5.94. The first-order valence-corrected chi connectivity index (χ1v) is 8.17. The molecule has 0 saturated heterocycles. The SMILES string of the molecule is Brc1ccc2nc(/C=C/c3ccc4ccccc4n3)ccc2c1. The molecule has 0 amide bonds. The van der Waals surface area contributed by atoms with Gasteiger partial charge in [-0.05, 0) is 48.6 Å². The van der Waals surface area contributed by atoms with Crippen LogP contribution in [-0.2, 0) is 0 Å². The van der Waals surface area contributed by atoms with Crippen LogP contribution < -0.4 is 0 Å². The summed E-state index contributed by atoms with van der Waals surface area (Å²) >= 11 is 3.48. The third-order valence-electron chi connectivity index (χ3n) is 3.72. The van der Waals surface area contributed by atoms with Crippen LogP contribution in [0.2, 0.25) is 0 Å². The normalized spacial score (nSPS) is 11.5. The molecule has 0 saturated carbocycles. The number of para-hydroxylation sites is 1. The topological polar surface area (TPSA) is 25.8 Å². The van der Waals surface area contributed by atoms with Gasteiger partial charge in [-0.1, -0.05) is 46.3 Å². The Labute approximate surface area is 142 Å². The van der Waals surface area contributed by atoms with Crippen LogP contribution in [0.4, 0.5) is 0 Å². The number of aromatic nitrogens is 2.